The number of hydrogen-bond acceptors (Lipinski definition) is 7. The Morgan fingerprint density at radius 2 is 2.10 bits per heavy atom. The second kappa shape index (κ2) is 9.47. The number of anilines is 1. The number of aromatic nitrogens is 3. The molecular weight excluding hydrogens is 414 g/mol. The van der Waals surface area contributed by atoms with E-state index in [1.807, 2.05) is 24.3 Å². The minimum atomic E-state index is -0.136. The quantitative estimate of drug-likeness (QED) is 0.606. The average molecular weight is 442 g/mol. The molecule has 9 heteroatoms. The summed E-state index contributed by atoms with van der Waals surface area (Å²) in [6.45, 7) is 4.02. The van der Waals surface area contributed by atoms with E-state index in [2.05, 4.69) is 27.2 Å². The van der Waals surface area contributed by atoms with Crippen LogP contribution in [0.25, 0.3) is 4.96 Å². The molecule has 0 bridgehead atoms. The van der Waals surface area contributed by atoms with E-state index in [9.17, 15) is 9.59 Å². The minimum absolute atomic E-state index is 0.0201. The summed E-state index contributed by atoms with van der Waals surface area (Å²) < 4.78 is 6.61. The number of nitrogens with one attached hydrogen (secondary N) is 1. The van der Waals surface area contributed by atoms with Gasteiger partial charge in [-0.15, -0.1) is 5.10 Å². The molecule has 0 unspecified atom stereocenters. The highest BCUT2D eigenvalue weighted by Gasteiger charge is 2.26. The Kier molecular flexibility index (Phi) is 6.50. The van der Waals surface area contributed by atoms with Gasteiger partial charge in [0.2, 0.25) is 16.0 Å². The first-order valence-electron chi connectivity index (χ1n) is 10.6. The lowest BCUT2D eigenvalue weighted by Crippen LogP contribution is -2.40. The number of amides is 1. The molecule has 1 aliphatic heterocycles. The van der Waals surface area contributed by atoms with Crippen molar-refractivity contribution in [1.82, 2.24) is 19.9 Å². The number of rotatable bonds is 7. The molecule has 31 heavy (non-hydrogen) atoms. The third-order valence-electron chi connectivity index (χ3n) is 5.53. The number of piperidine rings is 1. The summed E-state index contributed by atoms with van der Waals surface area (Å²) in [7, 11) is 1.63. The van der Waals surface area contributed by atoms with Crippen molar-refractivity contribution in [3.8, 4) is 5.75 Å². The number of nitrogens with zero attached hydrogens (tertiary/aromatic N) is 4. The molecule has 1 saturated heterocycles. The molecule has 3 aromatic rings. The Bertz CT molecular complexity index is 1120. The van der Waals surface area contributed by atoms with Crippen molar-refractivity contribution in [3.63, 3.8) is 0 Å². The van der Waals surface area contributed by atoms with Crippen molar-refractivity contribution in [2.45, 2.75) is 39.2 Å². The number of carbonyl (C=O) groups excluding carboxylic acids is 1. The number of carbonyl (C=O) groups is 1. The van der Waals surface area contributed by atoms with Crippen LogP contribution in [0.5, 0.6) is 5.75 Å². The van der Waals surface area contributed by atoms with Crippen LogP contribution in [0.2, 0.25) is 0 Å². The zero-order valence-electron chi connectivity index (χ0n) is 17.8. The first-order chi connectivity index (χ1) is 15.1. The number of benzene rings is 1. The van der Waals surface area contributed by atoms with Crippen LogP contribution in [0.4, 0.5) is 5.13 Å². The maximum Gasteiger partial charge on any atom is 0.275 e. The Morgan fingerprint density at radius 1 is 1.29 bits per heavy atom. The second-order valence-electron chi connectivity index (χ2n) is 7.75. The van der Waals surface area contributed by atoms with Gasteiger partial charge in [0.05, 0.1) is 7.11 Å². The Labute approximate surface area is 184 Å². The third-order valence-corrected chi connectivity index (χ3v) is 6.50. The summed E-state index contributed by atoms with van der Waals surface area (Å²) in [6.07, 6.45) is 3.24. The summed E-state index contributed by atoms with van der Waals surface area (Å²) in [5.41, 5.74) is 1.69. The summed E-state index contributed by atoms with van der Waals surface area (Å²) >= 11 is 1.43. The fourth-order valence-corrected chi connectivity index (χ4v) is 4.78. The predicted octanol–water partition coefficient (Wildman–Crippen LogP) is 2.64. The molecule has 164 valence electrons. The van der Waals surface area contributed by atoms with E-state index < -0.39 is 0 Å². The first kappa shape index (κ1) is 21.3. The molecule has 0 aliphatic carbocycles. The molecule has 0 radical (unpaired) electrons. The largest absolute Gasteiger partial charge is 0.497 e. The third kappa shape index (κ3) is 4.87. The van der Waals surface area contributed by atoms with Gasteiger partial charge in [0.25, 0.3) is 5.56 Å². The Hall–Kier alpha value is -2.94. The van der Waals surface area contributed by atoms with Gasteiger partial charge in [-0.3, -0.25) is 9.59 Å². The van der Waals surface area contributed by atoms with Crippen LogP contribution < -0.4 is 20.5 Å². The van der Waals surface area contributed by atoms with Gasteiger partial charge in [-0.05, 0) is 37.0 Å². The van der Waals surface area contributed by atoms with Crippen molar-refractivity contribution in [3.05, 3.63) is 51.9 Å². The molecule has 1 aromatic carbocycles. The average Bonchev–Trinajstić information content (AvgIpc) is 3.23. The van der Waals surface area contributed by atoms with E-state index in [-0.39, 0.29) is 17.4 Å². The van der Waals surface area contributed by atoms with Crippen LogP contribution in [-0.2, 0) is 17.8 Å². The molecule has 3 heterocycles. The monoisotopic (exact) mass is 441 g/mol. The van der Waals surface area contributed by atoms with E-state index in [0.717, 1.165) is 60.9 Å². The molecule has 4 rings (SSSR count). The molecular formula is C22H27N5O3S. The topological polar surface area (TPSA) is 88.8 Å². The predicted molar refractivity (Wildman–Crippen MR) is 121 cm³/mol. The molecule has 0 atom stereocenters. The zero-order chi connectivity index (χ0) is 21.8. The molecule has 0 spiro atoms. The van der Waals surface area contributed by atoms with Gasteiger partial charge in [-0.1, -0.05) is 36.8 Å². The summed E-state index contributed by atoms with van der Waals surface area (Å²) in [5.74, 6) is 0.841. The van der Waals surface area contributed by atoms with Gasteiger partial charge in [0, 0.05) is 37.3 Å². The molecule has 1 N–H and O–H groups in total. The highest BCUT2D eigenvalue weighted by atomic mass is 32.1. The number of aryl methyl sites for hydroxylation is 1. The SMILES string of the molecule is CCCc1cc(=O)n2nc(N3CCC(C(=O)NCc4cccc(OC)c4)CC3)sc2n1. The van der Waals surface area contributed by atoms with Crippen molar-refractivity contribution in [2.24, 2.45) is 5.92 Å². The molecule has 1 amide bonds. The van der Waals surface area contributed by atoms with Crippen LogP contribution >= 0.6 is 11.3 Å². The van der Waals surface area contributed by atoms with E-state index in [4.69, 9.17) is 4.74 Å². The number of ether oxygens (including phenoxy) is 1. The van der Waals surface area contributed by atoms with Gasteiger partial charge < -0.3 is 15.0 Å². The fraction of sp³-hybridized carbons (Fsp3) is 0.455. The van der Waals surface area contributed by atoms with Crippen LogP contribution in [0.15, 0.2) is 35.1 Å². The fourth-order valence-electron chi connectivity index (χ4n) is 3.81. The van der Waals surface area contributed by atoms with Crippen molar-refractivity contribution in [2.75, 3.05) is 25.1 Å². The van der Waals surface area contributed by atoms with Crippen LogP contribution in [0.1, 0.15) is 37.4 Å². The molecule has 2 aromatic heterocycles. The second-order valence-corrected chi connectivity index (χ2v) is 8.68. The number of fused-ring (bicyclic) bond motifs is 1. The summed E-state index contributed by atoms with van der Waals surface area (Å²) in [4.78, 5) is 32.3. The maximum absolute atomic E-state index is 12.6. The van der Waals surface area contributed by atoms with Crippen molar-refractivity contribution < 1.29 is 9.53 Å². The molecule has 8 nitrogen and oxygen atoms in total. The molecule has 0 saturated carbocycles. The lowest BCUT2D eigenvalue weighted by Gasteiger charge is -2.30. The van der Waals surface area contributed by atoms with E-state index in [1.165, 1.54) is 15.9 Å². The normalized spacial score (nSPS) is 14.7. The van der Waals surface area contributed by atoms with Gasteiger partial charge in [-0.25, -0.2) is 4.98 Å². The van der Waals surface area contributed by atoms with Gasteiger partial charge in [0.1, 0.15) is 5.75 Å². The van der Waals surface area contributed by atoms with Crippen LogP contribution in [0.3, 0.4) is 0 Å². The summed E-state index contributed by atoms with van der Waals surface area (Å²) in [5, 5.41) is 8.30. The first-order valence-corrected chi connectivity index (χ1v) is 11.4. The Morgan fingerprint density at radius 3 is 2.84 bits per heavy atom. The van der Waals surface area contributed by atoms with Gasteiger partial charge >= 0.3 is 0 Å². The van der Waals surface area contributed by atoms with Crippen molar-refractivity contribution in [1.29, 1.82) is 0 Å². The number of hydrogen-bond donors (Lipinski definition) is 1. The van der Waals surface area contributed by atoms with E-state index in [0.29, 0.717) is 11.5 Å². The lowest BCUT2D eigenvalue weighted by molar-refractivity contribution is -0.125. The molecule has 1 fully saturated rings. The van der Waals surface area contributed by atoms with Gasteiger partial charge in [-0.2, -0.15) is 4.52 Å². The van der Waals surface area contributed by atoms with Crippen molar-refractivity contribution >= 4 is 27.3 Å². The highest BCUT2D eigenvalue weighted by molar-refractivity contribution is 7.20. The minimum Gasteiger partial charge on any atom is -0.497 e. The zero-order valence-corrected chi connectivity index (χ0v) is 18.7. The number of methoxy groups -OCH3 is 1. The van der Waals surface area contributed by atoms with Crippen LogP contribution in [-0.4, -0.2) is 40.7 Å². The highest BCUT2D eigenvalue weighted by Crippen LogP contribution is 2.27. The lowest BCUT2D eigenvalue weighted by atomic mass is 9.96. The van der Waals surface area contributed by atoms with Crippen LogP contribution in [0, 0.1) is 5.92 Å². The van der Waals surface area contributed by atoms with E-state index >= 15 is 0 Å². The summed E-state index contributed by atoms with van der Waals surface area (Å²) in [6, 6.07) is 9.27. The van der Waals surface area contributed by atoms with Gasteiger partial charge in [0.15, 0.2) is 0 Å². The smallest absolute Gasteiger partial charge is 0.275 e. The Balaban J connectivity index is 1.35. The molecule has 1 aliphatic rings. The maximum atomic E-state index is 12.6. The van der Waals surface area contributed by atoms with E-state index in [1.54, 1.807) is 13.2 Å². The standard InChI is InChI=1S/C22H27N5O3S/c1-3-5-17-13-19(28)27-21(24-17)31-22(25-27)26-10-8-16(9-11-26)20(29)23-14-15-6-4-7-18(12-15)30-2/h4,6-7,12-13,16H,3,5,8-11,14H2,1-2H3,(H,23,29).